The zero-order valence-electron chi connectivity index (χ0n) is 15.8. The molecule has 2 N–H and O–H groups in total. The molecule has 6 nitrogen and oxygen atoms in total. The largest absolute Gasteiger partial charge is 0.356 e. The second kappa shape index (κ2) is 9.19. The fraction of sp³-hybridized carbons (Fsp3) is 0.611. The molecule has 0 heterocycles. The predicted molar refractivity (Wildman–Crippen MR) is 111 cm³/mol. The van der Waals surface area contributed by atoms with Crippen molar-refractivity contribution in [2.45, 2.75) is 31.6 Å². The number of halogens is 1. The topological polar surface area (TPSA) is 73.8 Å². The fourth-order valence-corrected chi connectivity index (χ4v) is 4.13. The Morgan fingerprint density at radius 3 is 2.65 bits per heavy atom. The molecular weight excluding hydrogens is 416 g/mol. The highest BCUT2D eigenvalue weighted by Crippen LogP contribution is 2.48. The van der Waals surface area contributed by atoms with Crippen molar-refractivity contribution in [3.63, 3.8) is 0 Å². The predicted octanol–water partition coefficient (Wildman–Crippen LogP) is 2.32. The van der Waals surface area contributed by atoms with Gasteiger partial charge in [0.1, 0.15) is 0 Å². The van der Waals surface area contributed by atoms with E-state index in [2.05, 4.69) is 49.8 Å². The van der Waals surface area contributed by atoms with Crippen LogP contribution in [0.4, 0.5) is 0 Å². The summed E-state index contributed by atoms with van der Waals surface area (Å²) in [5.41, 5.74) is 1.54. The first kappa shape index (κ1) is 21.2. The van der Waals surface area contributed by atoms with Crippen LogP contribution in [0.3, 0.4) is 0 Å². The quantitative estimate of drug-likeness (QED) is 0.348. The van der Waals surface area contributed by atoms with Gasteiger partial charge in [0.2, 0.25) is 10.0 Å². The third-order valence-electron chi connectivity index (χ3n) is 4.89. The smallest absolute Gasteiger partial charge is 0.213 e. The molecule has 1 aromatic rings. The Kier molecular flexibility index (Phi) is 7.49. The monoisotopic (exact) mass is 444 g/mol. The van der Waals surface area contributed by atoms with Crippen LogP contribution in [-0.4, -0.2) is 58.2 Å². The number of sulfonamides is 1. The van der Waals surface area contributed by atoms with Crippen molar-refractivity contribution < 1.29 is 8.42 Å². The first-order valence-electron chi connectivity index (χ1n) is 8.97. The number of hydrogen-bond acceptors (Lipinski definition) is 3. The van der Waals surface area contributed by atoms with E-state index >= 15 is 0 Å². The van der Waals surface area contributed by atoms with E-state index in [0.29, 0.717) is 13.1 Å². The van der Waals surface area contributed by atoms with E-state index in [1.165, 1.54) is 22.7 Å². The van der Waals surface area contributed by atoms with E-state index in [9.17, 15) is 8.42 Å². The van der Waals surface area contributed by atoms with Crippen LogP contribution in [0, 0.1) is 0 Å². The summed E-state index contributed by atoms with van der Waals surface area (Å²) >= 11 is 3.55. The van der Waals surface area contributed by atoms with E-state index in [1.807, 2.05) is 6.07 Å². The molecular formula is C18H29BrN4O2S. The molecule has 0 spiro atoms. The summed E-state index contributed by atoms with van der Waals surface area (Å²) in [6, 6.07) is 8.49. The molecule has 0 saturated heterocycles. The van der Waals surface area contributed by atoms with Crippen LogP contribution >= 0.6 is 15.9 Å². The molecule has 0 radical (unpaired) electrons. The van der Waals surface area contributed by atoms with Gasteiger partial charge in [-0.05, 0) is 43.9 Å². The van der Waals surface area contributed by atoms with Crippen LogP contribution in [0.2, 0.25) is 0 Å². The van der Waals surface area contributed by atoms with Crippen molar-refractivity contribution in [3.05, 3.63) is 34.3 Å². The molecule has 26 heavy (non-hydrogen) atoms. The average Bonchev–Trinajstić information content (AvgIpc) is 3.42. The van der Waals surface area contributed by atoms with E-state index in [0.717, 1.165) is 23.4 Å². The van der Waals surface area contributed by atoms with Gasteiger partial charge in [-0.25, -0.2) is 12.7 Å². The maximum Gasteiger partial charge on any atom is 0.213 e. The van der Waals surface area contributed by atoms with E-state index < -0.39 is 10.0 Å². The summed E-state index contributed by atoms with van der Waals surface area (Å²) < 4.78 is 26.0. The minimum Gasteiger partial charge on any atom is -0.356 e. The van der Waals surface area contributed by atoms with Crippen molar-refractivity contribution in [3.8, 4) is 0 Å². The third kappa shape index (κ3) is 5.69. The molecule has 1 aliphatic carbocycles. The van der Waals surface area contributed by atoms with Gasteiger partial charge in [0.25, 0.3) is 0 Å². The minimum absolute atomic E-state index is 0.137. The number of rotatable bonds is 9. The summed E-state index contributed by atoms with van der Waals surface area (Å²) in [5.74, 6) is 0.893. The summed E-state index contributed by atoms with van der Waals surface area (Å²) in [7, 11) is 0.273. The Labute approximate surface area is 165 Å². The number of nitrogens with zero attached hydrogens (tertiary/aromatic N) is 2. The number of benzene rings is 1. The lowest BCUT2D eigenvalue weighted by Crippen LogP contribution is -2.42. The fourth-order valence-electron chi connectivity index (χ4n) is 2.88. The lowest BCUT2D eigenvalue weighted by Gasteiger charge is -2.20. The van der Waals surface area contributed by atoms with Crippen molar-refractivity contribution in [1.29, 1.82) is 0 Å². The maximum atomic E-state index is 11.7. The van der Waals surface area contributed by atoms with Crippen LogP contribution in [0.5, 0.6) is 0 Å². The van der Waals surface area contributed by atoms with Gasteiger partial charge in [-0.2, -0.15) is 0 Å². The Hall–Kier alpha value is -1.12. The summed E-state index contributed by atoms with van der Waals surface area (Å²) in [6.45, 7) is 3.68. The highest BCUT2D eigenvalue weighted by atomic mass is 79.9. The van der Waals surface area contributed by atoms with E-state index in [-0.39, 0.29) is 11.2 Å². The molecule has 0 unspecified atom stereocenters. The zero-order chi connectivity index (χ0) is 19.2. The standard InChI is InChI=1S/C18H29BrN4O2S/c1-4-26(24,25)23(3)12-6-11-21-17(20-2)22-14-18(9-10-18)15-7-5-8-16(19)13-15/h5,7-8,13H,4,6,9-12,14H2,1-3H3,(H2,20,21,22). The van der Waals surface area contributed by atoms with Gasteiger partial charge in [-0.3, -0.25) is 4.99 Å². The first-order valence-corrected chi connectivity index (χ1v) is 11.4. The maximum absolute atomic E-state index is 11.7. The number of hydrogen-bond donors (Lipinski definition) is 2. The Morgan fingerprint density at radius 2 is 2.08 bits per heavy atom. The van der Waals surface area contributed by atoms with E-state index in [1.54, 1.807) is 21.0 Å². The van der Waals surface area contributed by atoms with Crippen molar-refractivity contribution in [2.75, 3.05) is 39.5 Å². The number of guanidine groups is 1. The lowest BCUT2D eigenvalue weighted by atomic mass is 9.96. The summed E-state index contributed by atoms with van der Waals surface area (Å²) in [6.07, 6.45) is 3.08. The number of aliphatic imine (C=N–C) groups is 1. The molecule has 1 fully saturated rings. The van der Waals surface area contributed by atoms with Crippen molar-refractivity contribution in [2.24, 2.45) is 4.99 Å². The van der Waals surface area contributed by atoms with Gasteiger partial charge in [0.05, 0.1) is 5.75 Å². The van der Waals surface area contributed by atoms with Gasteiger partial charge in [0.15, 0.2) is 5.96 Å². The number of nitrogens with one attached hydrogen (secondary N) is 2. The van der Waals surface area contributed by atoms with Gasteiger partial charge in [-0.15, -0.1) is 0 Å². The van der Waals surface area contributed by atoms with Gasteiger partial charge in [-0.1, -0.05) is 28.1 Å². The van der Waals surface area contributed by atoms with Crippen LogP contribution in [0.15, 0.2) is 33.7 Å². The Bertz CT molecular complexity index is 732. The molecule has 1 aliphatic rings. The third-order valence-corrected chi connectivity index (χ3v) is 7.25. The second-order valence-corrected chi connectivity index (χ2v) is 10.00. The van der Waals surface area contributed by atoms with Gasteiger partial charge < -0.3 is 10.6 Å². The van der Waals surface area contributed by atoms with Crippen LogP contribution < -0.4 is 10.6 Å². The molecule has 0 bridgehead atoms. The molecule has 2 rings (SSSR count). The van der Waals surface area contributed by atoms with Crippen molar-refractivity contribution >= 4 is 31.9 Å². The molecule has 8 heteroatoms. The molecule has 1 aromatic carbocycles. The lowest BCUT2D eigenvalue weighted by molar-refractivity contribution is 0.461. The summed E-state index contributed by atoms with van der Waals surface area (Å²) in [5, 5.41) is 6.68. The molecule has 0 aliphatic heterocycles. The van der Waals surface area contributed by atoms with E-state index in [4.69, 9.17) is 0 Å². The summed E-state index contributed by atoms with van der Waals surface area (Å²) in [4.78, 5) is 4.27. The van der Waals surface area contributed by atoms with Crippen LogP contribution in [0.25, 0.3) is 0 Å². The Morgan fingerprint density at radius 1 is 1.35 bits per heavy atom. The SMILES string of the molecule is CCS(=O)(=O)N(C)CCCNC(=NC)NCC1(c2cccc(Br)c2)CC1. The first-order chi connectivity index (χ1) is 12.3. The second-order valence-electron chi connectivity index (χ2n) is 6.72. The molecule has 1 saturated carbocycles. The minimum atomic E-state index is -3.10. The average molecular weight is 445 g/mol. The molecule has 0 atom stereocenters. The molecule has 0 amide bonds. The van der Waals surface area contributed by atoms with Crippen LogP contribution in [-0.2, 0) is 15.4 Å². The van der Waals surface area contributed by atoms with Crippen molar-refractivity contribution in [1.82, 2.24) is 14.9 Å². The van der Waals surface area contributed by atoms with Gasteiger partial charge >= 0.3 is 0 Å². The highest BCUT2D eigenvalue weighted by Gasteiger charge is 2.44. The van der Waals surface area contributed by atoms with Crippen LogP contribution in [0.1, 0.15) is 31.7 Å². The highest BCUT2D eigenvalue weighted by molar-refractivity contribution is 9.10. The molecule has 0 aromatic heterocycles. The Balaban J connectivity index is 1.77. The normalized spacial score (nSPS) is 16.6. The zero-order valence-corrected chi connectivity index (χ0v) is 18.2. The van der Waals surface area contributed by atoms with Gasteiger partial charge in [0, 0.05) is 43.6 Å². The molecule has 146 valence electrons.